The molecule has 0 saturated heterocycles. The molecule has 0 bridgehead atoms. The number of benzene rings is 2. The van der Waals surface area contributed by atoms with Gasteiger partial charge in [0.2, 0.25) is 0 Å². The Labute approximate surface area is 159 Å². The molecule has 2 aromatic carbocycles. The van der Waals surface area contributed by atoms with Crippen molar-refractivity contribution in [1.82, 2.24) is 0 Å². The van der Waals surface area contributed by atoms with Crippen molar-refractivity contribution in [2.24, 2.45) is 0 Å². The Morgan fingerprint density at radius 2 is 1.92 bits per heavy atom. The van der Waals surface area contributed by atoms with Crippen molar-refractivity contribution in [2.45, 2.75) is 24.4 Å². The molecule has 0 aliphatic rings. The number of hydrogen-bond acceptors (Lipinski definition) is 4. The van der Waals surface area contributed by atoms with Crippen LogP contribution in [0, 0.1) is 0 Å². The van der Waals surface area contributed by atoms with E-state index in [-0.39, 0.29) is 11.9 Å². The second-order valence-corrected chi connectivity index (χ2v) is 6.96. The van der Waals surface area contributed by atoms with E-state index in [1.807, 2.05) is 62.7 Å². The fourth-order valence-electron chi connectivity index (χ4n) is 2.66. The lowest BCUT2D eigenvalue weighted by Gasteiger charge is -2.22. The van der Waals surface area contributed by atoms with Crippen molar-refractivity contribution in [3.63, 3.8) is 0 Å². The molecule has 0 aromatic heterocycles. The van der Waals surface area contributed by atoms with Crippen molar-refractivity contribution >= 4 is 23.4 Å². The van der Waals surface area contributed by atoms with Crippen LogP contribution in [-0.4, -0.2) is 39.5 Å². The molecule has 0 fully saturated rings. The van der Waals surface area contributed by atoms with Gasteiger partial charge in [-0.05, 0) is 37.4 Å². The SMILES string of the molecule is COc1ccc(C[NH+](C)[C@@H](C)C(=O)Nc2ccccc2SC)c(OC)c1. The summed E-state index contributed by atoms with van der Waals surface area (Å²) in [6.07, 6.45) is 2.00. The number of carbonyl (C=O) groups excluding carboxylic acids is 1. The van der Waals surface area contributed by atoms with E-state index in [0.717, 1.165) is 32.5 Å². The highest BCUT2D eigenvalue weighted by Gasteiger charge is 2.23. The summed E-state index contributed by atoms with van der Waals surface area (Å²) in [5.41, 5.74) is 1.89. The van der Waals surface area contributed by atoms with Gasteiger partial charge in [-0.15, -0.1) is 11.8 Å². The number of amides is 1. The second-order valence-electron chi connectivity index (χ2n) is 6.11. The molecule has 5 nitrogen and oxygen atoms in total. The fraction of sp³-hybridized carbons (Fsp3) is 0.350. The van der Waals surface area contributed by atoms with Gasteiger partial charge in [-0.2, -0.15) is 0 Å². The quantitative estimate of drug-likeness (QED) is 0.696. The maximum Gasteiger partial charge on any atom is 0.282 e. The Morgan fingerprint density at radius 1 is 1.19 bits per heavy atom. The third-order valence-corrected chi connectivity index (χ3v) is 5.26. The Kier molecular flexibility index (Phi) is 7.36. The summed E-state index contributed by atoms with van der Waals surface area (Å²) in [5.74, 6) is 1.52. The maximum atomic E-state index is 12.7. The number of likely N-dealkylation sites (N-methyl/N-ethyl adjacent to an activating group) is 1. The lowest BCUT2D eigenvalue weighted by molar-refractivity contribution is -0.907. The van der Waals surface area contributed by atoms with Gasteiger partial charge in [0, 0.05) is 16.5 Å². The standard InChI is InChI=1S/C20H26N2O3S/c1-14(20(23)21-17-8-6-7-9-19(17)26-5)22(2)13-15-10-11-16(24-3)12-18(15)25-4/h6-12,14H,13H2,1-5H3,(H,21,23)/p+1/t14-/m0/s1. The van der Waals surface area contributed by atoms with Crippen LogP contribution >= 0.6 is 11.8 Å². The molecule has 2 rings (SSSR count). The zero-order valence-electron chi connectivity index (χ0n) is 16.0. The van der Waals surface area contributed by atoms with E-state index in [1.165, 1.54) is 0 Å². The van der Waals surface area contributed by atoms with Crippen molar-refractivity contribution in [3.8, 4) is 11.5 Å². The van der Waals surface area contributed by atoms with Crippen LogP contribution in [0.5, 0.6) is 11.5 Å². The molecular formula is C20H27N2O3S+. The van der Waals surface area contributed by atoms with Crippen LogP contribution in [0.15, 0.2) is 47.4 Å². The number of quaternary nitrogens is 1. The van der Waals surface area contributed by atoms with Crippen molar-refractivity contribution in [2.75, 3.05) is 32.8 Å². The number of thioether (sulfide) groups is 1. The molecule has 2 aromatic rings. The molecule has 1 unspecified atom stereocenters. The van der Waals surface area contributed by atoms with E-state index in [2.05, 4.69) is 5.32 Å². The average molecular weight is 376 g/mol. The first-order valence-electron chi connectivity index (χ1n) is 8.47. The van der Waals surface area contributed by atoms with Crippen molar-refractivity contribution < 1.29 is 19.2 Å². The Hall–Kier alpha value is -2.18. The van der Waals surface area contributed by atoms with E-state index >= 15 is 0 Å². The molecule has 0 aliphatic heterocycles. The van der Waals surface area contributed by atoms with Crippen molar-refractivity contribution in [1.29, 1.82) is 0 Å². The largest absolute Gasteiger partial charge is 0.497 e. The zero-order chi connectivity index (χ0) is 19.1. The van der Waals surface area contributed by atoms with Crippen LogP contribution < -0.4 is 19.7 Å². The minimum Gasteiger partial charge on any atom is -0.497 e. The number of methoxy groups -OCH3 is 2. The zero-order valence-corrected chi connectivity index (χ0v) is 16.8. The van der Waals surface area contributed by atoms with E-state index < -0.39 is 0 Å². The first kappa shape index (κ1) is 20.1. The Bertz CT molecular complexity index is 752. The van der Waals surface area contributed by atoms with Gasteiger partial charge in [0.15, 0.2) is 6.04 Å². The molecule has 0 spiro atoms. The lowest BCUT2D eigenvalue weighted by Crippen LogP contribution is -3.12. The fourth-order valence-corrected chi connectivity index (χ4v) is 3.22. The molecule has 0 radical (unpaired) electrons. The third-order valence-electron chi connectivity index (χ3n) is 4.46. The maximum absolute atomic E-state index is 12.7. The smallest absolute Gasteiger partial charge is 0.282 e. The molecular weight excluding hydrogens is 348 g/mol. The molecule has 2 atom stereocenters. The molecule has 1 amide bonds. The predicted octanol–water partition coefficient (Wildman–Crippen LogP) is 2.47. The normalized spacial score (nSPS) is 13.0. The number of anilines is 1. The van der Waals surface area contributed by atoms with Gasteiger partial charge in [-0.25, -0.2) is 0 Å². The topological polar surface area (TPSA) is 52.0 Å². The first-order chi connectivity index (χ1) is 12.5. The first-order valence-corrected chi connectivity index (χ1v) is 9.69. The van der Waals surface area contributed by atoms with E-state index in [0.29, 0.717) is 6.54 Å². The van der Waals surface area contributed by atoms with Crippen LogP contribution in [0.2, 0.25) is 0 Å². The third kappa shape index (κ3) is 4.93. The molecule has 0 heterocycles. The van der Waals surface area contributed by atoms with Crippen LogP contribution in [0.4, 0.5) is 5.69 Å². The Balaban J connectivity index is 2.07. The summed E-state index contributed by atoms with van der Waals surface area (Å²) in [6.45, 7) is 2.61. The molecule has 0 aliphatic carbocycles. The average Bonchev–Trinajstić information content (AvgIpc) is 2.67. The number of nitrogens with one attached hydrogen (secondary N) is 2. The number of hydrogen-bond donors (Lipinski definition) is 2. The van der Waals surface area contributed by atoms with Gasteiger partial charge in [-0.1, -0.05) is 12.1 Å². The summed E-state index contributed by atoms with van der Waals surface area (Å²) in [6, 6.07) is 13.4. The molecule has 26 heavy (non-hydrogen) atoms. The van der Waals surface area contributed by atoms with Gasteiger partial charge in [0.1, 0.15) is 18.0 Å². The monoisotopic (exact) mass is 375 g/mol. The summed E-state index contributed by atoms with van der Waals surface area (Å²) in [4.78, 5) is 14.8. The predicted molar refractivity (Wildman–Crippen MR) is 106 cm³/mol. The van der Waals surface area contributed by atoms with Crippen LogP contribution in [-0.2, 0) is 11.3 Å². The minimum absolute atomic E-state index is 0.00326. The van der Waals surface area contributed by atoms with Crippen LogP contribution in [0.3, 0.4) is 0 Å². The molecule has 6 heteroatoms. The van der Waals surface area contributed by atoms with Gasteiger partial charge in [0.25, 0.3) is 5.91 Å². The van der Waals surface area contributed by atoms with Crippen LogP contribution in [0.1, 0.15) is 12.5 Å². The minimum atomic E-state index is -0.211. The van der Waals surface area contributed by atoms with E-state index in [1.54, 1.807) is 26.0 Å². The number of rotatable bonds is 8. The molecule has 2 N–H and O–H groups in total. The summed E-state index contributed by atoms with van der Waals surface area (Å²) < 4.78 is 10.7. The number of ether oxygens (including phenoxy) is 2. The van der Waals surface area contributed by atoms with Gasteiger partial charge >= 0.3 is 0 Å². The highest BCUT2D eigenvalue weighted by atomic mass is 32.2. The highest BCUT2D eigenvalue weighted by molar-refractivity contribution is 7.98. The highest BCUT2D eigenvalue weighted by Crippen LogP contribution is 2.25. The summed E-state index contributed by atoms with van der Waals surface area (Å²) in [5, 5.41) is 3.04. The Morgan fingerprint density at radius 3 is 2.58 bits per heavy atom. The van der Waals surface area contributed by atoms with Gasteiger partial charge in [-0.3, -0.25) is 4.79 Å². The second kappa shape index (κ2) is 9.50. The molecule has 140 valence electrons. The van der Waals surface area contributed by atoms with E-state index in [4.69, 9.17) is 9.47 Å². The van der Waals surface area contributed by atoms with Crippen LogP contribution in [0.25, 0.3) is 0 Å². The van der Waals surface area contributed by atoms with Gasteiger partial charge in [0.05, 0.1) is 27.0 Å². The van der Waals surface area contributed by atoms with Crippen molar-refractivity contribution in [3.05, 3.63) is 48.0 Å². The number of carbonyl (C=O) groups is 1. The summed E-state index contributed by atoms with van der Waals surface area (Å²) in [7, 11) is 5.28. The number of para-hydroxylation sites is 1. The van der Waals surface area contributed by atoms with E-state index in [9.17, 15) is 4.79 Å². The molecule has 0 saturated carbocycles. The lowest BCUT2D eigenvalue weighted by atomic mass is 10.1. The summed E-state index contributed by atoms with van der Waals surface area (Å²) >= 11 is 1.62. The van der Waals surface area contributed by atoms with Gasteiger partial charge < -0.3 is 19.7 Å².